The largest absolute Gasteiger partial charge is 0.466 e. The van der Waals surface area contributed by atoms with Gasteiger partial charge in [0.15, 0.2) is 0 Å². The molecule has 0 aliphatic rings. The first kappa shape index (κ1) is 18.7. The van der Waals surface area contributed by atoms with Crippen molar-refractivity contribution >= 4 is 22.7 Å². The van der Waals surface area contributed by atoms with Gasteiger partial charge in [0, 0.05) is 5.56 Å². The van der Waals surface area contributed by atoms with Crippen molar-refractivity contribution in [3.05, 3.63) is 71.8 Å². The first-order chi connectivity index (χ1) is 15.0. The number of aryl methyl sites for hydroxylation is 3. The monoisotopic (exact) mass is 414 g/mol. The number of nitrogens with zero attached hydrogens (tertiary/aromatic N) is 5. The third-order valence-corrected chi connectivity index (χ3v) is 5.00. The summed E-state index contributed by atoms with van der Waals surface area (Å²) in [6.45, 7) is 5.50. The quantitative estimate of drug-likeness (QED) is 0.468. The molecule has 9 nitrogen and oxygen atoms in total. The van der Waals surface area contributed by atoms with Gasteiger partial charge in [-0.25, -0.2) is 14.6 Å². The van der Waals surface area contributed by atoms with Gasteiger partial charge in [-0.2, -0.15) is 5.10 Å². The fourth-order valence-corrected chi connectivity index (χ4v) is 3.60. The van der Waals surface area contributed by atoms with E-state index in [1.165, 1.54) is 6.33 Å². The van der Waals surface area contributed by atoms with E-state index in [4.69, 9.17) is 8.94 Å². The molecule has 0 bridgehead atoms. The van der Waals surface area contributed by atoms with Crippen LogP contribution in [0.2, 0.25) is 0 Å². The zero-order chi connectivity index (χ0) is 21.5. The smallest absolute Gasteiger partial charge is 0.259 e. The lowest BCUT2D eigenvalue weighted by Crippen LogP contribution is -2.15. The minimum Gasteiger partial charge on any atom is -0.466 e. The van der Waals surface area contributed by atoms with E-state index in [1.807, 2.05) is 38.1 Å². The minimum atomic E-state index is -0.314. The Kier molecular flexibility index (Phi) is 4.36. The zero-order valence-corrected chi connectivity index (χ0v) is 17.1. The molecule has 4 aromatic heterocycles. The molecule has 9 heteroatoms. The number of rotatable bonds is 4. The number of carbonyl (C=O) groups is 1. The van der Waals surface area contributed by atoms with Crippen LogP contribution in [0.15, 0.2) is 58.0 Å². The van der Waals surface area contributed by atoms with Crippen molar-refractivity contribution < 1.29 is 13.7 Å². The third-order valence-electron chi connectivity index (χ3n) is 5.00. The molecule has 0 aliphatic heterocycles. The number of benzene rings is 1. The van der Waals surface area contributed by atoms with E-state index in [-0.39, 0.29) is 5.91 Å². The van der Waals surface area contributed by atoms with Crippen molar-refractivity contribution in [2.75, 3.05) is 5.32 Å². The number of furan rings is 1. The van der Waals surface area contributed by atoms with E-state index in [0.717, 1.165) is 11.3 Å². The molecule has 0 radical (unpaired) electrons. The highest BCUT2D eigenvalue weighted by molar-refractivity contribution is 6.13. The summed E-state index contributed by atoms with van der Waals surface area (Å²) in [7, 11) is 0. The van der Waals surface area contributed by atoms with E-state index < -0.39 is 0 Å². The van der Waals surface area contributed by atoms with Crippen molar-refractivity contribution in [1.82, 2.24) is 24.9 Å². The number of hydrogen-bond donors (Lipinski definition) is 1. The van der Waals surface area contributed by atoms with Gasteiger partial charge in [0.2, 0.25) is 0 Å². The fraction of sp³-hybridized carbons (Fsp3) is 0.136. The van der Waals surface area contributed by atoms with Crippen LogP contribution in [0.25, 0.3) is 28.0 Å². The summed E-state index contributed by atoms with van der Waals surface area (Å²) in [5, 5.41) is 11.7. The molecule has 0 fully saturated rings. The number of fused-ring (bicyclic) bond motifs is 1. The van der Waals surface area contributed by atoms with E-state index in [1.54, 1.807) is 30.1 Å². The lowest BCUT2D eigenvalue weighted by molar-refractivity contribution is 0.102. The van der Waals surface area contributed by atoms with Crippen LogP contribution in [-0.4, -0.2) is 30.8 Å². The van der Waals surface area contributed by atoms with E-state index in [2.05, 4.69) is 25.5 Å². The second kappa shape index (κ2) is 7.21. The lowest BCUT2D eigenvalue weighted by Gasteiger charge is -2.11. The van der Waals surface area contributed by atoms with Gasteiger partial charge < -0.3 is 14.3 Å². The Bertz CT molecular complexity index is 1410. The van der Waals surface area contributed by atoms with Crippen LogP contribution >= 0.6 is 0 Å². The van der Waals surface area contributed by atoms with Crippen molar-refractivity contribution in [3.63, 3.8) is 0 Å². The summed E-state index contributed by atoms with van der Waals surface area (Å²) < 4.78 is 12.6. The number of nitrogens with one attached hydrogen (secondary N) is 1. The molecule has 0 atom stereocenters. The summed E-state index contributed by atoms with van der Waals surface area (Å²) >= 11 is 0. The van der Waals surface area contributed by atoms with Crippen molar-refractivity contribution in [2.24, 2.45) is 0 Å². The Labute approximate surface area is 176 Å². The number of anilines is 1. The molecule has 154 valence electrons. The Morgan fingerprint density at radius 3 is 2.71 bits per heavy atom. The molecule has 0 saturated carbocycles. The topological polar surface area (TPSA) is 112 Å². The highest BCUT2D eigenvalue weighted by Gasteiger charge is 2.22. The Hall–Kier alpha value is -4.27. The molecule has 31 heavy (non-hydrogen) atoms. The standard InChI is InChI=1S/C22H18N6O3/c1-12-8-15(14(3)30-12)18-9-16(20-13(2)27-31-22(20)26-18)21(29)25-17-6-4-5-7-19(17)28-11-23-10-24-28/h4-11H,1-3H3,(H,25,29). The minimum absolute atomic E-state index is 0.294. The van der Waals surface area contributed by atoms with Gasteiger partial charge >= 0.3 is 0 Å². The van der Waals surface area contributed by atoms with E-state index in [9.17, 15) is 4.79 Å². The summed E-state index contributed by atoms with van der Waals surface area (Å²) in [4.78, 5) is 21.9. The molecule has 5 aromatic rings. The molecule has 0 saturated heterocycles. The summed E-state index contributed by atoms with van der Waals surface area (Å²) in [5.74, 6) is 1.16. The number of hydrogen-bond acceptors (Lipinski definition) is 7. The Morgan fingerprint density at radius 2 is 1.97 bits per heavy atom. The SMILES string of the molecule is Cc1cc(-c2cc(C(=O)Nc3ccccc3-n3cncn3)c3c(C)noc3n2)c(C)o1. The second-order valence-electron chi connectivity index (χ2n) is 7.14. The van der Waals surface area contributed by atoms with Crippen LogP contribution in [0.1, 0.15) is 27.6 Å². The number of para-hydroxylation sites is 2. The molecule has 0 aliphatic carbocycles. The third kappa shape index (κ3) is 3.25. The number of amides is 1. The van der Waals surface area contributed by atoms with Crippen LogP contribution in [-0.2, 0) is 0 Å². The number of aromatic nitrogens is 5. The summed E-state index contributed by atoms with van der Waals surface area (Å²) in [6.07, 6.45) is 3.01. The van der Waals surface area contributed by atoms with Gasteiger partial charge in [0.25, 0.3) is 11.6 Å². The molecule has 1 aromatic carbocycles. The van der Waals surface area contributed by atoms with Crippen LogP contribution in [0.3, 0.4) is 0 Å². The predicted molar refractivity (Wildman–Crippen MR) is 113 cm³/mol. The van der Waals surface area contributed by atoms with Gasteiger partial charge in [-0.3, -0.25) is 4.79 Å². The van der Waals surface area contributed by atoms with Crippen molar-refractivity contribution in [3.8, 4) is 16.9 Å². The summed E-state index contributed by atoms with van der Waals surface area (Å²) in [5.41, 5.74) is 3.95. The Balaban J connectivity index is 1.61. The van der Waals surface area contributed by atoms with Crippen molar-refractivity contribution in [2.45, 2.75) is 20.8 Å². The first-order valence-electron chi connectivity index (χ1n) is 9.61. The van der Waals surface area contributed by atoms with E-state index >= 15 is 0 Å². The maximum absolute atomic E-state index is 13.4. The molecule has 5 rings (SSSR count). The molecule has 1 amide bonds. The normalized spacial score (nSPS) is 11.2. The van der Waals surface area contributed by atoms with Crippen LogP contribution in [0.5, 0.6) is 0 Å². The molecule has 4 heterocycles. The van der Waals surface area contributed by atoms with Gasteiger partial charge in [-0.1, -0.05) is 17.3 Å². The molecule has 0 spiro atoms. The van der Waals surface area contributed by atoms with Gasteiger partial charge in [0.05, 0.1) is 33.7 Å². The van der Waals surface area contributed by atoms with Crippen LogP contribution < -0.4 is 5.32 Å². The van der Waals surface area contributed by atoms with E-state index in [0.29, 0.717) is 45.2 Å². The van der Waals surface area contributed by atoms with Gasteiger partial charge in [-0.15, -0.1) is 0 Å². The highest BCUT2D eigenvalue weighted by Crippen LogP contribution is 2.31. The fourth-order valence-electron chi connectivity index (χ4n) is 3.60. The van der Waals surface area contributed by atoms with Crippen LogP contribution in [0, 0.1) is 20.8 Å². The summed E-state index contributed by atoms with van der Waals surface area (Å²) in [6, 6.07) is 11.0. The average Bonchev–Trinajstić information content (AvgIpc) is 3.49. The molecule has 0 unspecified atom stereocenters. The van der Waals surface area contributed by atoms with Gasteiger partial charge in [0.1, 0.15) is 24.2 Å². The molecular formula is C22H18N6O3. The lowest BCUT2D eigenvalue weighted by atomic mass is 10.1. The average molecular weight is 414 g/mol. The maximum atomic E-state index is 13.4. The highest BCUT2D eigenvalue weighted by atomic mass is 16.5. The zero-order valence-electron chi connectivity index (χ0n) is 17.1. The Morgan fingerprint density at radius 1 is 1.13 bits per heavy atom. The number of pyridine rings is 1. The number of carbonyl (C=O) groups excluding carboxylic acids is 1. The second-order valence-corrected chi connectivity index (χ2v) is 7.14. The molecule has 1 N–H and O–H groups in total. The maximum Gasteiger partial charge on any atom is 0.259 e. The van der Waals surface area contributed by atoms with Crippen LogP contribution in [0.4, 0.5) is 5.69 Å². The molecular weight excluding hydrogens is 396 g/mol. The first-order valence-corrected chi connectivity index (χ1v) is 9.61. The van der Waals surface area contributed by atoms with Gasteiger partial charge in [-0.05, 0) is 45.0 Å². The van der Waals surface area contributed by atoms with Crippen molar-refractivity contribution in [1.29, 1.82) is 0 Å². The predicted octanol–water partition coefficient (Wildman–Crippen LogP) is 4.24.